The first-order valence-corrected chi connectivity index (χ1v) is 5.03. The quantitative estimate of drug-likeness (QED) is 0.375. The lowest BCUT2D eigenvalue weighted by molar-refractivity contribution is 0.0137. The molecule has 0 fully saturated rings. The summed E-state index contributed by atoms with van der Waals surface area (Å²) in [5, 5.41) is 10.0. The van der Waals surface area contributed by atoms with Crippen LogP contribution in [-0.2, 0) is 4.74 Å². The first-order chi connectivity index (χ1) is 8.50. The zero-order chi connectivity index (χ0) is 13.3. The second-order valence-corrected chi connectivity index (χ2v) is 3.66. The largest absolute Gasteiger partial charge is 0.452 e. The molecule has 7 heteroatoms. The summed E-state index contributed by atoms with van der Waals surface area (Å²) < 4.78 is 4.26. The van der Waals surface area contributed by atoms with Gasteiger partial charge in [0, 0.05) is 11.1 Å². The number of hydrogen-bond donors (Lipinski definition) is 3. The molecular formula is C11H10N2O5. The molecule has 1 amide bonds. The van der Waals surface area contributed by atoms with Crippen LogP contribution in [0.5, 0.6) is 0 Å². The standard InChI is InChI=1S/C11H10N2O5/c1-18-10(16)12-13-11(17)8(14)6-4-2-3-5-7(6)9(11)15/h2-5,13,17H,1H3,(H,12,16). The van der Waals surface area contributed by atoms with Gasteiger partial charge in [-0.1, -0.05) is 24.3 Å². The highest BCUT2D eigenvalue weighted by Gasteiger charge is 2.52. The summed E-state index contributed by atoms with van der Waals surface area (Å²) in [6, 6.07) is 5.99. The van der Waals surface area contributed by atoms with E-state index in [1.807, 2.05) is 10.9 Å². The number of methoxy groups -OCH3 is 1. The number of benzene rings is 1. The van der Waals surface area contributed by atoms with Crippen molar-refractivity contribution in [3.05, 3.63) is 35.4 Å². The number of nitrogens with one attached hydrogen (secondary N) is 2. The number of ether oxygens (including phenoxy) is 1. The molecule has 0 spiro atoms. The van der Waals surface area contributed by atoms with Crippen molar-refractivity contribution in [2.75, 3.05) is 7.11 Å². The van der Waals surface area contributed by atoms with E-state index in [2.05, 4.69) is 4.74 Å². The van der Waals surface area contributed by atoms with E-state index >= 15 is 0 Å². The highest BCUT2D eigenvalue weighted by atomic mass is 16.5. The normalized spacial score (nSPS) is 16.3. The lowest BCUT2D eigenvalue weighted by Crippen LogP contribution is -2.61. The van der Waals surface area contributed by atoms with Crippen molar-refractivity contribution in [3.63, 3.8) is 0 Å². The van der Waals surface area contributed by atoms with E-state index in [4.69, 9.17) is 0 Å². The first-order valence-electron chi connectivity index (χ1n) is 5.03. The molecule has 0 aliphatic heterocycles. The SMILES string of the molecule is COC(=O)NNC1(O)C(=O)c2ccccc2C1=O. The van der Waals surface area contributed by atoms with E-state index in [0.717, 1.165) is 7.11 Å². The highest BCUT2D eigenvalue weighted by molar-refractivity contribution is 6.31. The number of fused-ring (bicyclic) bond motifs is 1. The van der Waals surface area contributed by atoms with Gasteiger partial charge < -0.3 is 9.84 Å². The van der Waals surface area contributed by atoms with E-state index in [1.165, 1.54) is 12.1 Å². The fourth-order valence-electron chi connectivity index (χ4n) is 1.68. The van der Waals surface area contributed by atoms with Gasteiger partial charge >= 0.3 is 6.09 Å². The van der Waals surface area contributed by atoms with E-state index in [-0.39, 0.29) is 11.1 Å². The fourth-order valence-corrected chi connectivity index (χ4v) is 1.68. The van der Waals surface area contributed by atoms with Gasteiger partial charge in [0.05, 0.1) is 7.11 Å². The molecular weight excluding hydrogens is 240 g/mol. The van der Waals surface area contributed by atoms with Crippen molar-refractivity contribution in [1.29, 1.82) is 0 Å². The van der Waals surface area contributed by atoms with Crippen LogP contribution in [0.2, 0.25) is 0 Å². The molecule has 1 aromatic carbocycles. The van der Waals surface area contributed by atoms with Crippen LogP contribution in [0.1, 0.15) is 20.7 Å². The second kappa shape index (κ2) is 4.21. The minimum Gasteiger partial charge on any atom is -0.452 e. The number of ketones is 2. The Morgan fingerprint density at radius 2 is 1.72 bits per heavy atom. The maximum Gasteiger partial charge on any atom is 0.421 e. The monoisotopic (exact) mass is 250 g/mol. The Labute approximate surface area is 102 Å². The lowest BCUT2D eigenvalue weighted by atomic mass is 10.1. The molecule has 0 saturated heterocycles. The number of hydrazine groups is 1. The number of rotatable bonds is 2. The van der Waals surface area contributed by atoms with Gasteiger partial charge in [0.25, 0.3) is 5.72 Å². The average Bonchev–Trinajstić information content (AvgIpc) is 2.59. The number of Topliss-reactive ketones (excluding diaryl/α,β-unsaturated/α-hetero) is 2. The van der Waals surface area contributed by atoms with Crippen LogP contribution in [0.4, 0.5) is 4.79 Å². The Hall–Kier alpha value is -2.25. The van der Waals surface area contributed by atoms with E-state index < -0.39 is 23.4 Å². The topological polar surface area (TPSA) is 105 Å². The Morgan fingerprint density at radius 1 is 1.22 bits per heavy atom. The van der Waals surface area contributed by atoms with Crippen LogP contribution in [0.25, 0.3) is 0 Å². The highest BCUT2D eigenvalue weighted by Crippen LogP contribution is 2.27. The van der Waals surface area contributed by atoms with Crippen molar-refractivity contribution in [1.82, 2.24) is 10.9 Å². The lowest BCUT2D eigenvalue weighted by Gasteiger charge is -2.20. The predicted molar refractivity (Wildman–Crippen MR) is 58.7 cm³/mol. The van der Waals surface area contributed by atoms with Crippen LogP contribution < -0.4 is 10.9 Å². The van der Waals surface area contributed by atoms with Gasteiger partial charge in [-0.25, -0.2) is 4.79 Å². The Morgan fingerprint density at radius 3 is 2.17 bits per heavy atom. The smallest absolute Gasteiger partial charge is 0.421 e. The van der Waals surface area contributed by atoms with Crippen LogP contribution in [0.3, 0.4) is 0 Å². The van der Waals surface area contributed by atoms with E-state index in [1.54, 1.807) is 12.1 Å². The molecule has 1 aliphatic rings. The molecule has 1 aliphatic carbocycles. The number of carbonyl (C=O) groups is 3. The maximum atomic E-state index is 11.9. The first kappa shape index (κ1) is 12.2. The Kier molecular flexibility index (Phi) is 2.85. The molecule has 7 nitrogen and oxygen atoms in total. The molecule has 0 saturated carbocycles. The average molecular weight is 250 g/mol. The van der Waals surface area contributed by atoms with Gasteiger partial charge in [-0.2, -0.15) is 5.43 Å². The molecule has 0 unspecified atom stereocenters. The molecule has 2 rings (SSSR count). The molecule has 94 valence electrons. The molecule has 3 N–H and O–H groups in total. The third kappa shape index (κ3) is 1.66. The number of carbonyl (C=O) groups excluding carboxylic acids is 3. The van der Waals surface area contributed by atoms with Crippen molar-refractivity contribution >= 4 is 17.7 Å². The maximum absolute atomic E-state index is 11.9. The van der Waals surface area contributed by atoms with Crippen molar-refractivity contribution in [2.45, 2.75) is 5.72 Å². The zero-order valence-corrected chi connectivity index (χ0v) is 9.39. The van der Waals surface area contributed by atoms with E-state index in [9.17, 15) is 19.5 Å². The van der Waals surface area contributed by atoms with Crippen molar-refractivity contribution in [2.24, 2.45) is 0 Å². The fraction of sp³-hybridized carbons (Fsp3) is 0.182. The van der Waals surface area contributed by atoms with Crippen LogP contribution in [-0.4, -0.2) is 35.6 Å². The molecule has 0 atom stereocenters. The predicted octanol–water partition coefficient (Wildman–Crippen LogP) is -0.385. The molecule has 0 radical (unpaired) electrons. The third-order valence-electron chi connectivity index (χ3n) is 2.60. The van der Waals surface area contributed by atoms with Crippen LogP contribution >= 0.6 is 0 Å². The summed E-state index contributed by atoms with van der Waals surface area (Å²) in [5.74, 6) is -1.64. The number of aliphatic hydroxyl groups is 1. The van der Waals surface area contributed by atoms with Gasteiger partial charge in [-0.05, 0) is 0 Å². The van der Waals surface area contributed by atoms with Gasteiger partial charge in [-0.15, -0.1) is 0 Å². The molecule has 1 aromatic rings. The summed E-state index contributed by atoms with van der Waals surface area (Å²) in [7, 11) is 1.11. The number of amides is 1. The summed E-state index contributed by atoms with van der Waals surface area (Å²) in [6.07, 6.45) is -0.931. The van der Waals surface area contributed by atoms with Crippen molar-refractivity contribution in [3.8, 4) is 0 Å². The molecule has 18 heavy (non-hydrogen) atoms. The third-order valence-corrected chi connectivity index (χ3v) is 2.60. The summed E-state index contributed by atoms with van der Waals surface area (Å²) in [5.41, 5.74) is 1.61. The molecule has 0 bridgehead atoms. The minimum absolute atomic E-state index is 0.101. The van der Waals surface area contributed by atoms with Crippen molar-refractivity contribution < 1.29 is 24.2 Å². The summed E-state index contributed by atoms with van der Waals surface area (Å²) in [6.45, 7) is 0. The minimum atomic E-state index is -2.49. The van der Waals surface area contributed by atoms with Gasteiger partial charge in [-0.3, -0.25) is 15.0 Å². The Balaban J connectivity index is 2.29. The molecule has 0 heterocycles. The number of hydrogen-bond acceptors (Lipinski definition) is 6. The van der Waals surface area contributed by atoms with Crippen LogP contribution in [0.15, 0.2) is 24.3 Å². The van der Waals surface area contributed by atoms with Crippen LogP contribution in [0, 0.1) is 0 Å². The van der Waals surface area contributed by atoms with Gasteiger partial charge in [0.15, 0.2) is 0 Å². The summed E-state index contributed by atoms with van der Waals surface area (Å²) >= 11 is 0. The van der Waals surface area contributed by atoms with E-state index in [0.29, 0.717) is 0 Å². The van der Waals surface area contributed by atoms with Gasteiger partial charge in [0.1, 0.15) is 0 Å². The molecule has 0 aromatic heterocycles. The zero-order valence-electron chi connectivity index (χ0n) is 9.39. The second-order valence-electron chi connectivity index (χ2n) is 3.66. The van der Waals surface area contributed by atoms with Gasteiger partial charge in [0.2, 0.25) is 11.6 Å². The summed E-state index contributed by atoms with van der Waals surface area (Å²) in [4.78, 5) is 34.7. The Bertz CT molecular complexity index is 505.